The lowest BCUT2D eigenvalue weighted by molar-refractivity contribution is 0.517. The zero-order chi connectivity index (χ0) is 19.5. The lowest BCUT2D eigenvalue weighted by atomic mass is 9.97. The van der Waals surface area contributed by atoms with Crippen molar-refractivity contribution in [2.45, 2.75) is 26.2 Å². The van der Waals surface area contributed by atoms with Gasteiger partial charge in [0.25, 0.3) is 0 Å². The molecule has 0 aromatic heterocycles. The minimum Gasteiger partial charge on any atom is -0.204 e. The molecular weight excluding hydrogens is 350 g/mol. The van der Waals surface area contributed by atoms with Gasteiger partial charge in [-0.2, -0.15) is 0 Å². The smallest absolute Gasteiger partial charge is 0.166 e. The van der Waals surface area contributed by atoms with Crippen molar-refractivity contribution in [3.8, 4) is 22.3 Å². The summed E-state index contributed by atoms with van der Waals surface area (Å²) in [5.41, 5.74) is 5.78. The molecule has 4 rings (SSSR count). The fourth-order valence-electron chi connectivity index (χ4n) is 3.54. The van der Waals surface area contributed by atoms with Crippen LogP contribution in [0.2, 0.25) is 0 Å². The van der Waals surface area contributed by atoms with Crippen molar-refractivity contribution in [1.82, 2.24) is 0 Å². The summed E-state index contributed by atoms with van der Waals surface area (Å²) in [4.78, 5) is 0. The Morgan fingerprint density at radius 3 is 1.86 bits per heavy atom. The van der Waals surface area contributed by atoms with Crippen molar-refractivity contribution in [2.75, 3.05) is 0 Å². The van der Waals surface area contributed by atoms with Gasteiger partial charge in [-0.05, 0) is 58.2 Å². The number of hydrogen-bond acceptors (Lipinski definition) is 0. The highest BCUT2D eigenvalue weighted by Gasteiger charge is 2.08. The molecule has 0 unspecified atom stereocenters. The molecule has 0 radical (unpaired) electrons. The molecule has 0 spiro atoms. The summed E-state index contributed by atoms with van der Waals surface area (Å²) in [5.74, 6) is -1.60. The van der Waals surface area contributed by atoms with Gasteiger partial charge in [-0.3, -0.25) is 0 Å². The van der Waals surface area contributed by atoms with Gasteiger partial charge in [-0.25, -0.2) is 8.78 Å². The molecule has 0 heterocycles. The van der Waals surface area contributed by atoms with Gasteiger partial charge in [-0.1, -0.05) is 80.1 Å². The second-order valence-corrected chi connectivity index (χ2v) is 7.18. The van der Waals surface area contributed by atoms with Gasteiger partial charge in [0.1, 0.15) is 0 Å². The maximum atomic E-state index is 13.9. The van der Waals surface area contributed by atoms with E-state index in [1.54, 1.807) is 12.1 Å². The first kappa shape index (κ1) is 18.4. The molecule has 0 aliphatic carbocycles. The molecule has 2 heteroatoms. The maximum Gasteiger partial charge on any atom is 0.166 e. The highest BCUT2D eigenvalue weighted by molar-refractivity contribution is 5.88. The zero-order valence-corrected chi connectivity index (χ0v) is 15.9. The van der Waals surface area contributed by atoms with E-state index in [1.807, 2.05) is 12.1 Å². The van der Waals surface area contributed by atoms with E-state index in [9.17, 15) is 8.78 Å². The Bertz CT molecular complexity index is 1090. The van der Waals surface area contributed by atoms with E-state index in [0.717, 1.165) is 17.5 Å². The average molecular weight is 372 g/mol. The van der Waals surface area contributed by atoms with Gasteiger partial charge in [0.2, 0.25) is 0 Å². The van der Waals surface area contributed by atoms with Gasteiger partial charge in [0.15, 0.2) is 11.6 Å². The lowest BCUT2D eigenvalue weighted by Gasteiger charge is -2.08. The molecule has 0 saturated carbocycles. The summed E-state index contributed by atoms with van der Waals surface area (Å²) in [7, 11) is 0. The first-order valence-electron chi connectivity index (χ1n) is 9.73. The highest BCUT2D eigenvalue weighted by atomic mass is 19.2. The van der Waals surface area contributed by atoms with E-state index >= 15 is 0 Å². The first-order valence-corrected chi connectivity index (χ1v) is 9.73. The molecule has 0 nitrogen and oxygen atoms in total. The second-order valence-electron chi connectivity index (χ2n) is 7.18. The van der Waals surface area contributed by atoms with E-state index in [0.29, 0.717) is 10.8 Å². The van der Waals surface area contributed by atoms with Crippen LogP contribution in [-0.4, -0.2) is 0 Å². The Kier molecular flexibility index (Phi) is 5.21. The van der Waals surface area contributed by atoms with E-state index < -0.39 is 11.6 Å². The van der Waals surface area contributed by atoms with Crippen LogP contribution in [0.1, 0.15) is 25.3 Å². The average Bonchev–Trinajstić information content (AvgIpc) is 2.75. The summed E-state index contributed by atoms with van der Waals surface area (Å²) < 4.78 is 27.3. The topological polar surface area (TPSA) is 0 Å². The van der Waals surface area contributed by atoms with Crippen LogP contribution in [0.5, 0.6) is 0 Å². The van der Waals surface area contributed by atoms with E-state index in [-0.39, 0.29) is 0 Å². The van der Waals surface area contributed by atoms with Gasteiger partial charge in [-0.15, -0.1) is 0 Å². The fraction of sp³-hybridized carbons (Fsp3) is 0.154. The Labute approximate surface area is 164 Å². The number of hydrogen-bond donors (Lipinski definition) is 0. The molecule has 0 amide bonds. The maximum absolute atomic E-state index is 13.9. The molecule has 0 aliphatic rings. The SMILES string of the molecule is CCCCc1ccc(-c2ccc(-c3ccc4c(F)c(F)ccc4c3)cc2)cc1. The first-order chi connectivity index (χ1) is 13.7. The van der Waals surface area contributed by atoms with Crippen LogP contribution in [0.25, 0.3) is 33.0 Å². The van der Waals surface area contributed by atoms with Crippen LogP contribution >= 0.6 is 0 Å². The third-order valence-corrected chi connectivity index (χ3v) is 5.23. The molecule has 28 heavy (non-hydrogen) atoms. The molecule has 0 N–H and O–H groups in total. The van der Waals surface area contributed by atoms with Gasteiger partial charge in [0, 0.05) is 5.39 Å². The van der Waals surface area contributed by atoms with E-state index in [1.165, 1.54) is 35.6 Å². The normalized spacial score (nSPS) is 11.1. The Morgan fingerprint density at radius 1 is 0.643 bits per heavy atom. The minimum absolute atomic E-state index is 0.309. The van der Waals surface area contributed by atoms with Gasteiger partial charge in [0.05, 0.1) is 0 Å². The van der Waals surface area contributed by atoms with Crippen LogP contribution in [0.3, 0.4) is 0 Å². The van der Waals surface area contributed by atoms with Crippen molar-refractivity contribution in [3.05, 3.63) is 96.1 Å². The van der Waals surface area contributed by atoms with Crippen LogP contribution < -0.4 is 0 Å². The second kappa shape index (κ2) is 7.93. The molecule has 4 aromatic rings. The van der Waals surface area contributed by atoms with Crippen LogP contribution in [0.15, 0.2) is 78.9 Å². The summed E-state index contributed by atoms with van der Waals surface area (Å²) in [6.45, 7) is 2.21. The third kappa shape index (κ3) is 3.68. The molecule has 140 valence electrons. The number of unbranched alkanes of at least 4 members (excludes halogenated alkanes) is 1. The Balaban J connectivity index is 1.59. The van der Waals surface area contributed by atoms with E-state index in [4.69, 9.17) is 0 Å². The minimum atomic E-state index is -0.815. The van der Waals surface area contributed by atoms with Crippen molar-refractivity contribution in [1.29, 1.82) is 0 Å². The van der Waals surface area contributed by atoms with Crippen molar-refractivity contribution in [2.24, 2.45) is 0 Å². The quantitative estimate of drug-likeness (QED) is 0.335. The van der Waals surface area contributed by atoms with Gasteiger partial charge < -0.3 is 0 Å². The predicted octanol–water partition coefficient (Wildman–Crippen LogP) is 7.79. The standard InChI is InChI=1S/C26H22F2/c1-2-3-4-18-5-7-19(8-6-18)20-9-11-21(12-10-20)22-13-15-24-23(17-22)14-16-25(27)26(24)28/h5-17H,2-4H2,1H3. The highest BCUT2D eigenvalue weighted by Crippen LogP contribution is 2.29. The van der Waals surface area contributed by atoms with Crippen molar-refractivity contribution in [3.63, 3.8) is 0 Å². The number of aryl methyl sites for hydroxylation is 1. The molecular formula is C26H22F2. The molecule has 0 saturated heterocycles. The fourth-order valence-corrected chi connectivity index (χ4v) is 3.54. The molecule has 0 bridgehead atoms. The summed E-state index contributed by atoms with van der Waals surface area (Å²) in [6.07, 6.45) is 3.55. The predicted molar refractivity (Wildman–Crippen MR) is 113 cm³/mol. The summed E-state index contributed by atoms with van der Waals surface area (Å²) in [6, 6.07) is 25.3. The molecule has 0 fully saturated rings. The Hall–Kier alpha value is -3.00. The van der Waals surface area contributed by atoms with Crippen LogP contribution in [0.4, 0.5) is 8.78 Å². The van der Waals surface area contributed by atoms with Crippen molar-refractivity contribution >= 4 is 10.8 Å². The van der Waals surface area contributed by atoms with Crippen LogP contribution in [0, 0.1) is 11.6 Å². The van der Waals surface area contributed by atoms with Crippen LogP contribution in [-0.2, 0) is 6.42 Å². The zero-order valence-electron chi connectivity index (χ0n) is 15.9. The number of benzene rings is 4. The lowest BCUT2D eigenvalue weighted by Crippen LogP contribution is -1.87. The largest absolute Gasteiger partial charge is 0.204 e. The monoisotopic (exact) mass is 372 g/mol. The van der Waals surface area contributed by atoms with Gasteiger partial charge >= 0.3 is 0 Å². The summed E-state index contributed by atoms with van der Waals surface area (Å²) >= 11 is 0. The number of fused-ring (bicyclic) bond motifs is 1. The number of rotatable bonds is 5. The number of halogens is 2. The summed E-state index contributed by atoms with van der Waals surface area (Å²) in [5, 5.41) is 1.01. The molecule has 0 atom stereocenters. The molecule has 0 aliphatic heterocycles. The third-order valence-electron chi connectivity index (χ3n) is 5.23. The van der Waals surface area contributed by atoms with E-state index in [2.05, 4.69) is 55.5 Å². The Morgan fingerprint density at radius 2 is 1.21 bits per heavy atom. The molecule has 4 aromatic carbocycles. The van der Waals surface area contributed by atoms with Crippen molar-refractivity contribution < 1.29 is 8.78 Å².